The number of nitrogens with zero attached hydrogens (tertiary/aromatic N) is 2. The van der Waals surface area contributed by atoms with Crippen LogP contribution in [0.2, 0.25) is 0 Å². The molecule has 0 bridgehead atoms. The molecule has 2 aromatic carbocycles. The second kappa shape index (κ2) is 8.15. The summed E-state index contributed by atoms with van der Waals surface area (Å²) in [6.07, 6.45) is 0.960. The van der Waals surface area contributed by atoms with Gasteiger partial charge in [-0.1, -0.05) is 31.2 Å². The molecule has 2 aromatic rings. The smallest absolute Gasteiger partial charge is 0.253 e. The molecule has 0 atom stereocenters. The van der Waals surface area contributed by atoms with Crippen molar-refractivity contribution >= 4 is 11.8 Å². The molecule has 0 radical (unpaired) electrons. The summed E-state index contributed by atoms with van der Waals surface area (Å²) in [6, 6.07) is 15.2. The van der Waals surface area contributed by atoms with Crippen molar-refractivity contribution in [3.05, 3.63) is 70.8 Å². The first-order valence-electron chi connectivity index (χ1n) is 9.09. The summed E-state index contributed by atoms with van der Waals surface area (Å²) in [5, 5.41) is 0. The zero-order valence-corrected chi connectivity index (χ0v) is 15.1. The molecule has 1 aliphatic heterocycles. The zero-order valence-electron chi connectivity index (χ0n) is 15.1. The maximum Gasteiger partial charge on any atom is 0.253 e. The number of rotatable bonds is 4. The largest absolute Gasteiger partial charge is 0.335 e. The van der Waals surface area contributed by atoms with E-state index in [1.54, 1.807) is 4.90 Å². The molecule has 1 aliphatic rings. The summed E-state index contributed by atoms with van der Waals surface area (Å²) in [5.74, 6) is 0.0417. The number of aryl methyl sites for hydroxylation is 1. The number of hydrogen-bond acceptors (Lipinski definition) is 3. The monoisotopic (exact) mass is 351 g/mol. The van der Waals surface area contributed by atoms with Crippen LogP contribution in [0.4, 0.5) is 0 Å². The van der Waals surface area contributed by atoms with Gasteiger partial charge in [0.25, 0.3) is 11.8 Å². The van der Waals surface area contributed by atoms with E-state index in [9.17, 15) is 9.59 Å². The second-order valence-electron chi connectivity index (χ2n) is 6.54. The van der Waals surface area contributed by atoms with Gasteiger partial charge in [-0.2, -0.15) is 0 Å². The molecule has 5 heteroatoms. The Morgan fingerprint density at radius 1 is 0.769 bits per heavy atom. The van der Waals surface area contributed by atoms with E-state index in [0.29, 0.717) is 43.9 Å². The minimum absolute atomic E-state index is 0.00738. The lowest BCUT2D eigenvalue weighted by molar-refractivity contribution is 0.0535. The summed E-state index contributed by atoms with van der Waals surface area (Å²) in [6.45, 7) is 4.78. The molecule has 5 nitrogen and oxygen atoms in total. The molecular weight excluding hydrogens is 326 g/mol. The van der Waals surface area contributed by atoms with Crippen molar-refractivity contribution in [2.24, 2.45) is 5.73 Å². The van der Waals surface area contributed by atoms with Crippen LogP contribution in [0.5, 0.6) is 0 Å². The van der Waals surface area contributed by atoms with E-state index in [1.165, 1.54) is 5.56 Å². The van der Waals surface area contributed by atoms with E-state index in [-0.39, 0.29) is 11.8 Å². The summed E-state index contributed by atoms with van der Waals surface area (Å²) in [7, 11) is 0. The van der Waals surface area contributed by atoms with Crippen LogP contribution in [0.15, 0.2) is 48.5 Å². The summed E-state index contributed by atoms with van der Waals surface area (Å²) in [5.41, 5.74) is 9.19. The van der Waals surface area contributed by atoms with Crippen molar-refractivity contribution in [3.63, 3.8) is 0 Å². The number of piperazine rings is 1. The van der Waals surface area contributed by atoms with Gasteiger partial charge in [0.05, 0.1) is 0 Å². The number of amides is 2. The molecule has 136 valence electrons. The Morgan fingerprint density at radius 2 is 1.15 bits per heavy atom. The molecule has 1 saturated heterocycles. The number of benzene rings is 2. The van der Waals surface area contributed by atoms with Crippen molar-refractivity contribution in [1.29, 1.82) is 0 Å². The minimum atomic E-state index is 0.00738. The molecule has 0 unspecified atom stereocenters. The highest BCUT2D eigenvalue weighted by Crippen LogP contribution is 2.13. The van der Waals surface area contributed by atoms with Crippen LogP contribution in [0.1, 0.15) is 38.8 Å². The van der Waals surface area contributed by atoms with Gasteiger partial charge < -0.3 is 15.5 Å². The molecule has 1 heterocycles. The topological polar surface area (TPSA) is 66.6 Å². The van der Waals surface area contributed by atoms with Gasteiger partial charge in [0.2, 0.25) is 0 Å². The van der Waals surface area contributed by atoms with Crippen LogP contribution >= 0.6 is 0 Å². The Bertz CT molecular complexity index is 693. The van der Waals surface area contributed by atoms with Gasteiger partial charge in [-0.25, -0.2) is 0 Å². The van der Waals surface area contributed by atoms with Gasteiger partial charge in [0.15, 0.2) is 0 Å². The number of hydrogen-bond donors (Lipinski definition) is 1. The average molecular weight is 351 g/mol. The standard InChI is InChI=1S/C21H25N3O2/c1-2-16-3-7-18(8-4-16)20(25)23-11-13-24(14-12-23)21(26)19-9-5-17(15-22)6-10-19/h3-10H,2,11-15,22H2,1H3. The highest BCUT2D eigenvalue weighted by Gasteiger charge is 2.25. The molecule has 0 aromatic heterocycles. The van der Waals surface area contributed by atoms with Crippen LogP contribution in [0, 0.1) is 0 Å². The van der Waals surface area contributed by atoms with E-state index in [0.717, 1.165) is 12.0 Å². The van der Waals surface area contributed by atoms with Gasteiger partial charge >= 0.3 is 0 Å². The molecule has 1 fully saturated rings. The second-order valence-corrected chi connectivity index (χ2v) is 6.54. The van der Waals surface area contributed by atoms with Crippen LogP contribution in [-0.4, -0.2) is 47.8 Å². The SMILES string of the molecule is CCc1ccc(C(=O)N2CCN(C(=O)c3ccc(CN)cc3)CC2)cc1. The Balaban J connectivity index is 1.59. The molecule has 0 spiro atoms. The number of nitrogens with two attached hydrogens (primary N) is 1. The predicted molar refractivity (Wildman–Crippen MR) is 102 cm³/mol. The van der Waals surface area contributed by atoms with Crippen LogP contribution in [0.25, 0.3) is 0 Å². The zero-order chi connectivity index (χ0) is 18.5. The van der Waals surface area contributed by atoms with Gasteiger partial charge in [-0.15, -0.1) is 0 Å². The third-order valence-electron chi connectivity index (χ3n) is 4.90. The first-order valence-corrected chi connectivity index (χ1v) is 9.09. The molecule has 2 N–H and O–H groups in total. The molecule has 2 amide bonds. The highest BCUT2D eigenvalue weighted by molar-refractivity contribution is 5.96. The Morgan fingerprint density at radius 3 is 1.50 bits per heavy atom. The average Bonchev–Trinajstić information content (AvgIpc) is 2.73. The van der Waals surface area contributed by atoms with E-state index in [4.69, 9.17) is 5.73 Å². The van der Waals surface area contributed by atoms with E-state index in [1.807, 2.05) is 53.4 Å². The van der Waals surface area contributed by atoms with Crippen molar-refractivity contribution < 1.29 is 9.59 Å². The molecular formula is C21H25N3O2. The fraction of sp³-hybridized carbons (Fsp3) is 0.333. The first-order chi connectivity index (χ1) is 12.6. The van der Waals surface area contributed by atoms with Crippen LogP contribution in [-0.2, 0) is 13.0 Å². The van der Waals surface area contributed by atoms with Gasteiger partial charge in [-0.3, -0.25) is 9.59 Å². The van der Waals surface area contributed by atoms with Gasteiger partial charge in [-0.05, 0) is 41.8 Å². The molecule has 0 saturated carbocycles. The maximum atomic E-state index is 12.6. The fourth-order valence-corrected chi connectivity index (χ4v) is 3.14. The Hall–Kier alpha value is -2.66. The summed E-state index contributed by atoms with van der Waals surface area (Å²) < 4.78 is 0. The maximum absolute atomic E-state index is 12.6. The lowest BCUT2D eigenvalue weighted by atomic mass is 10.1. The van der Waals surface area contributed by atoms with Crippen molar-refractivity contribution in [1.82, 2.24) is 9.80 Å². The van der Waals surface area contributed by atoms with Crippen molar-refractivity contribution in [2.45, 2.75) is 19.9 Å². The van der Waals surface area contributed by atoms with Crippen LogP contribution in [0.3, 0.4) is 0 Å². The lowest BCUT2D eigenvalue weighted by Gasteiger charge is -2.35. The number of carbonyl (C=O) groups excluding carboxylic acids is 2. The van der Waals surface area contributed by atoms with E-state index < -0.39 is 0 Å². The van der Waals surface area contributed by atoms with E-state index in [2.05, 4.69) is 6.92 Å². The van der Waals surface area contributed by atoms with Crippen molar-refractivity contribution in [3.8, 4) is 0 Å². The lowest BCUT2D eigenvalue weighted by Crippen LogP contribution is -2.50. The quantitative estimate of drug-likeness (QED) is 0.919. The third kappa shape index (κ3) is 3.94. The van der Waals surface area contributed by atoms with Crippen molar-refractivity contribution in [2.75, 3.05) is 26.2 Å². The third-order valence-corrected chi connectivity index (χ3v) is 4.90. The molecule has 0 aliphatic carbocycles. The summed E-state index contributed by atoms with van der Waals surface area (Å²) in [4.78, 5) is 28.9. The predicted octanol–water partition coefficient (Wildman–Crippen LogP) is 2.31. The minimum Gasteiger partial charge on any atom is -0.335 e. The Labute approximate surface area is 154 Å². The van der Waals surface area contributed by atoms with Gasteiger partial charge in [0, 0.05) is 43.9 Å². The van der Waals surface area contributed by atoms with E-state index >= 15 is 0 Å². The molecule has 3 rings (SSSR count). The normalized spacial score (nSPS) is 14.4. The molecule has 26 heavy (non-hydrogen) atoms. The Kier molecular flexibility index (Phi) is 5.68. The summed E-state index contributed by atoms with van der Waals surface area (Å²) >= 11 is 0. The highest BCUT2D eigenvalue weighted by atomic mass is 16.2. The number of carbonyl (C=O) groups is 2. The first kappa shape index (κ1) is 18.1. The van der Waals surface area contributed by atoms with Crippen LogP contribution < -0.4 is 5.73 Å². The van der Waals surface area contributed by atoms with Gasteiger partial charge in [0.1, 0.15) is 0 Å². The fourth-order valence-electron chi connectivity index (χ4n) is 3.14.